The number of anilines is 2. The highest BCUT2D eigenvalue weighted by Gasteiger charge is 2.21. The van der Waals surface area contributed by atoms with Crippen LogP contribution < -0.4 is 10.6 Å². The predicted octanol–water partition coefficient (Wildman–Crippen LogP) is 5.28. The molecule has 150 valence electrons. The molecule has 0 bridgehead atoms. The van der Waals surface area contributed by atoms with Crippen LogP contribution in [0.5, 0.6) is 0 Å². The first-order chi connectivity index (χ1) is 13.7. The summed E-state index contributed by atoms with van der Waals surface area (Å²) in [6.07, 6.45) is 0.195. The van der Waals surface area contributed by atoms with Crippen molar-refractivity contribution in [3.63, 3.8) is 0 Å². The maximum atomic E-state index is 12.4. The number of aromatic nitrogens is 1. The fraction of sp³-hybridized carbons (Fsp3) is 0.261. The van der Waals surface area contributed by atoms with E-state index >= 15 is 0 Å². The van der Waals surface area contributed by atoms with Gasteiger partial charge in [0, 0.05) is 27.7 Å². The number of nitrogens with zero attached hydrogens (tertiary/aromatic N) is 1. The van der Waals surface area contributed by atoms with E-state index in [0.29, 0.717) is 11.4 Å². The number of carbonyl (C=O) groups is 2. The lowest BCUT2D eigenvalue weighted by molar-refractivity contribution is -0.123. The molecule has 1 aromatic heterocycles. The van der Waals surface area contributed by atoms with Crippen molar-refractivity contribution in [2.75, 3.05) is 10.6 Å². The molecule has 0 atom stereocenters. The van der Waals surface area contributed by atoms with Gasteiger partial charge in [0.15, 0.2) is 0 Å². The number of hydrogen-bond donors (Lipinski definition) is 2. The number of carbonyl (C=O) groups excluding carboxylic acids is 2. The summed E-state index contributed by atoms with van der Waals surface area (Å²) in [6, 6.07) is 15.3. The fourth-order valence-electron chi connectivity index (χ4n) is 2.58. The number of amides is 2. The van der Waals surface area contributed by atoms with Crippen LogP contribution in [0.1, 0.15) is 32.0 Å². The third kappa shape index (κ3) is 5.74. The Morgan fingerprint density at radius 1 is 1.00 bits per heavy atom. The molecule has 0 saturated carbocycles. The van der Waals surface area contributed by atoms with Crippen LogP contribution in [0.25, 0.3) is 10.6 Å². The van der Waals surface area contributed by atoms with Crippen LogP contribution in [-0.2, 0) is 16.0 Å². The number of nitrogens with one attached hydrogen (secondary N) is 2. The highest BCUT2D eigenvalue weighted by atomic mass is 32.1. The van der Waals surface area contributed by atoms with E-state index in [1.54, 1.807) is 24.3 Å². The van der Waals surface area contributed by atoms with E-state index in [4.69, 9.17) is 0 Å². The molecular weight excluding hydrogens is 382 g/mol. The Hall–Kier alpha value is -2.99. The maximum Gasteiger partial charge on any atom is 0.230 e. The fourth-order valence-corrected chi connectivity index (χ4v) is 3.41. The summed E-state index contributed by atoms with van der Waals surface area (Å²) in [7, 11) is 0. The van der Waals surface area contributed by atoms with Crippen molar-refractivity contribution in [3.8, 4) is 10.6 Å². The molecule has 2 amide bonds. The van der Waals surface area contributed by atoms with Crippen molar-refractivity contribution in [2.45, 2.75) is 34.1 Å². The molecule has 0 aliphatic rings. The van der Waals surface area contributed by atoms with Gasteiger partial charge in [-0.2, -0.15) is 0 Å². The average Bonchev–Trinajstić information content (AvgIpc) is 3.10. The summed E-state index contributed by atoms with van der Waals surface area (Å²) in [5, 5.41) is 8.56. The van der Waals surface area contributed by atoms with Crippen molar-refractivity contribution in [3.05, 3.63) is 65.2 Å². The van der Waals surface area contributed by atoms with Crippen LogP contribution in [0, 0.1) is 12.3 Å². The SMILES string of the molecule is Cc1ccc(-c2nc(CC(=O)Nc3cccc(NC(=O)C(C)(C)C)c3)cs2)cc1. The van der Waals surface area contributed by atoms with E-state index in [0.717, 1.165) is 16.3 Å². The Morgan fingerprint density at radius 2 is 1.66 bits per heavy atom. The molecule has 0 fully saturated rings. The Labute approximate surface area is 175 Å². The summed E-state index contributed by atoms with van der Waals surface area (Å²) in [5.74, 6) is -0.225. The normalized spacial score (nSPS) is 11.2. The smallest absolute Gasteiger partial charge is 0.230 e. The monoisotopic (exact) mass is 407 g/mol. The lowest BCUT2D eigenvalue weighted by Gasteiger charge is -2.18. The molecule has 2 aromatic carbocycles. The molecule has 29 heavy (non-hydrogen) atoms. The molecule has 0 spiro atoms. The molecule has 1 heterocycles. The number of benzene rings is 2. The minimum Gasteiger partial charge on any atom is -0.326 e. The van der Waals surface area contributed by atoms with Crippen molar-refractivity contribution in [1.82, 2.24) is 4.98 Å². The molecule has 0 aliphatic carbocycles. The van der Waals surface area contributed by atoms with Crippen molar-refractivity contribution < 1.29 is 9.59 Å². The van der Waals surface area contributed by atoms with Gasteiger partial charge in [-0.25, -0.2) is 4.98 Å². The Morgan fingerprint density at radius 3 is 2.31 bits per heavy atom. The maximum absolute atomic E-state index is 12.4. The minimum atomic E-state index is -0.487. The zero-order valence-corrected chi connectivity index (χ0v) is 17.9. The molecule has 0 radical (unpaired) electrons. The van der Waals surface area contributed by atoms with Gasteiger partial charge in [-0.05, 0) is 25.1 Å². The number of hydrogen-bond acceptors (Lipinski definition) is 4. The summed E-state index contributed by atoms with van der Waals surface area (Å²) in [4.78, 5) is 29.1. The standard InChI is InChI=1S/C23H25N3O2S/c1-15-8-10-16(11-9-15)21-25-19(14-29-21)13-20(27)24-17-6-5-7-18(12-17)26-22(28)23(2,3)4/h5-12,14H,13H2,1-4H3,(H,24,27)(H,26,28). The molecule has 5 nitrogen and oxygen atoms in total. The van der Waals surface area contributed by atoms with Crippen LogP contribution >= 0.6 is 11.3 Å². The van der Waals surface area contributed by atoms with Crippen LogP contribution in [0.15, 0.2) is 53.9 Å². The summed E-state index contributed by atoms with van der Waals surface area (Å²) in [5.41, 5.74) is 3.79. The second kappa shape index (κ2) is 8.57. The predicted molar refractivity (Wildman–Crippen MR) is 119 cm³/mol. The van der Waals surface area contributed by atoms with Gasteiger partial charge in [0.25, 0.3) is 0 Å². The molecule has 0 saturated heterocycles. The second-order valence-electron chi connectivity index (χ2n) is 8.02. The molecule has 0 aliphatic heterocycles. The highest BCUT2D eigenvalue weighted by molar-refractivity contribution is 7.13. The van der Waals surface area contributed by atoms with Gasteiger partial charge in [0.05, 0.1) is 12.1 Å². The molecule has 3 aromatic rings. The molecule has 2 N–H and O–H groups in total. The minimum absolute atomic E-state index is 0.0768. The Kier molecular flexibility index (Phi) is 6.13. The molecule has 0 unspecified atom stereocenters. The number of rotatable bonds is 5. The van der Waals surface area contributed by atoms with Crippen molar-refractivity contribution in [2.24, 2.45) is 5.41 Å². The molecular formula is C23H25N3O2S. The van der Waals surface area contributed by atoms with Crippen LogP contribution in [0.3, 0.4) is 0 Å². The largest absolute Gasteiger partial charge is 0.326 e. The molecule has 6 heteroatoms. The van der Waals surface area contributed by atoms with Gasteiger partial charge in [0.2, 0.25) is 11.8 Å². The topological polar surface area (TPSA) is 71.1 Å². The number of thiazole rings is 1. The lowest BCUT2D eigenvalue weighted by Crippen LogP contribution is -2.27. The van der Waals surface area contributed by atoms with Gasteiger partial charge in [-0.3, -0.25) is 9.59 Å². The zero-order valence-electron chi connectivity index (χ0n) is 17.1. The van der Waals surface area contributed by atoms with Gasteiger partial charge in [-0.15, -0.1) is 11.3 Å². The summed E-state index contributed by atoms with van der Waals surface area (Å²) >= 11 is 1.53. The Bertz CT molecular complexity index is 1020. The van der Waals surface area contributed by atoms with Gasteiger partial charge >= 0.3 is 0 Å². The summed E-state index contributed by atoms with van der Waals surface area (Å²) in [6.45, 7) is 7.61. The van der Waals surface area contributed by atoms with Crippen molar-refractivity contribution >= 4 is 34.5 Å². The number of aryl methyl sites for hydroxylation is 1. The van der Waals surface area contributed by atoms with E-state index in [1.165, 1.54) is 16.9 Å². The lowest BCUT2D eigenvalue weighted by atomic mass is 9.95. The van der Waals surface area contributed by atoms with Crippen LogP contribution in [0.2, 0.25) is 0 Å². The summed E-state index contributed by atoms with van der Waals surface area (Å²) < 4.78 is 0. The Balaban J connectivity index is 1.62. The first kappa shape index (κ1) is 20.7. The van der Waals surface area contributed by atoms with Crippen LogP contribution in [-0.4, -0.2) is 16.8 Å². The average molecular weight is 408 g/mol. The first-order valence-electron chi connectivity index (χ1n) is 9.43. The zero-order chi connectivity index (χ0) is 21.0. The third-order valence-electron chi connectivity index (χ3n) is 4.28. The highest BCUT2D eigenvalue weighted by Crippen LogP contribution is 2.25. The van der Waals surface area contributed by atoms with Gasteiger partial charge < -0.3 is 10.6 Å². The van der Waals surface area contributed by atoms with E-state index in [-0.39, 0.29) is 18.2 Å². The van der Waals surface area contributed by atoms with Crippen LogP contribution in [0.4, 0.5) is 11.4 Å². The van der Waals surface area contributed by atoms with E-state index in [2.05, 4.69) is 27.8 Å². The van der Waals surface area contributed by atoms with E-state index in [1.807, 2.05) is 45.2 Å². The third-order valence-corrected chi connectivity index (χ3v) is 5.22. The second-order valence-corrected chi connectivity index (χ2v) is 8.88. The van der Waals surface area contributed by atoms with E-state index < -0.39 is 5.41 Å². The van der Waals surface area contributed by atoms with Gasteiger partial charge in [0.1, 0.15) is 5.01 Å². The first-order valence-corrected chi connectivity index (χ1v) is 10.3. The van der Waals surface area contributed by atoms with E-state index in [9.17, 15) is 9.59 Å². The van der Waals surface area contributed by atoms with Gasteiger partial charge in [-0.1, -0.05) is 56.7 Å². The molecule has 3 rings (SSSR count). The van der Waals surface area contributed by atoms with Crippen molar-refractivity contribution in [1.29, 1.82) is 0 Å². The quantitative estimate of drug-likeness (QED) is 0.604.